The number of carboxylic acid groups (broad SMARTS) is 1. The van der Waals surface area contributed by atoms with Crippen molar-refractivity contribution in [2.75, 3.05) is 11.9 Å². The molecular formula is C31H30Cl2N2O5. The van der Waals surface area contributed by atoms with Gasteiger partial charge in [-0.25, -0.2) is 0 Å². The fourth-order valence-electron chi connectivity index (χ4n) is 6.05. The van der Waals surface area contributed by atoms with Gasteiger partial charge in [0.2, 0.25) is 6.10 Å². The van der Waals surface area contributed by atoms with Crippen molar-refractivity contribution in [3.63, 3.8) is 0 Å². The molecule has 40 heavy (non-hydrogen) atoms. The van der Waals surface area contributed by atoms with Crippen LogP contribution in [0.4, 0.5) is 5.69 Å². The van der Waals surface area contributed by atoms with Gasteiger partial charge in [-0.2, -0.15) is 0 Å². The molecule has 208 valence electrons. The third-order valence-electron chi connectivity index (χ3n) is 8.26. The van der Waals surface area contributed by atoms with E-state index in [4.69, 9.17) is 32.7 Å². The molecule has 0 bridgehead atoms. The van der Waals surface area contributed by atoms with Crippen molar-refractivity contribution >= 4 is 40.8 Å². The zero-order valence-electron chi connectivity index (χ0n) is 22.1. The summed E-state index contributed by atoms with van der Waals surface area (Å²) in [6.45, 7) is 0.901. The lowest BCUT2D eigenvalue weighted by Crippen LogP contribution is -2.50. The zero-order valence-corrected chi connectivity index (χ0v) is 23.6. The van der Waals surface area contributed by atoms with Crippen molar-refractivity contribution in [1.29, 1.82) is 0 Å². The van der Waals surface area contributed by atoms with Gasteiger partial charge in [-0.3, -0.25) is 14.5 Å². The number of nitrogens with zero attached hydrogens (tertiary/aromatic N) is 2. The maximum Gasteiger partial charge on any atom is 0.321 e. The van der Waals surface area contributed by atoms with Crippen LogP contribution in [0, 0.1) is 0 Å². The molecule has 1 amide bonds. The van der Waals surface area contributed by atoms with E-state index in [1.165, 1.54) is 0 Å². The Kier molecular flexibility index (Phi) is 7.38. The summed E-state index contributed by atoms with van der Waals surface area (Å²) in [5.41, 5.74) is 4.31. The third kappa shape index (κ3) is 5.14. The summed E-state index contributed by atoms with van der Waals surface area (Å²) in [5.74, 6) is 0.308. The lowest BCUT2D eigenvalue weighted by molar-refractivity contribution is -0.145. The first-order chi connectivity index (χ1) is 19.3. The first-order valence-corrected chi connectivity index (χ1v) is 14.3. The number of hydrogen-bond acceptors (Lipinski definition) is 5. The molecule has 1 N–H and O–H groups in total. The number of carbonyl (C=O) groups excluding carboxylic acids is 1. The van der Waals surface area contributed by atoms with Crippen LogP contribution in [-0.4, -0.2) is 41.0 Å². The van der Waals surface area contributed by atoms with Crippen molar-refractivity contribution < 1.29 is 24.2 Å². The van der Waals surface area contributed by atoms with Gasteiger partial charge < -0.3 is 19.5 Å². The Bertz CT molecular complexity index is 1450. The fourth-order valence-corrected chi connectivity index (χ4v) is 6.37. The fraction of sp³-hybridized carbons (Fsp3) is 0.355. The standard InChI is InChI=1S/C31H30Cl2N2O5/c1-34-26-13-20-14-27(31(37)38)35(22-4-2-3-5-22)16-21(20)15-28(26)40-29(30(34)36)19-7-9-23(10-8-19)39-17-18-6-11-24(32)25(33)12-18/h6-13,15,22,27,29H,2-5,14,16-17H2,1H3,(H,37,38)/t27?,29-/m0/s1. The molecule has 3 aromatic rings. The number of amides is 1. The minimum Gasteiger partial charge on any atom is -0.489 e. The second-order valence-corrected chi connectivity index (χ2v) is 11.6. The number of likely N-dealkylation sites (N-methyl/N-ethyl adjacent to an activating group) is 1. The second kappa shape index (κ2) is 11.0. The summed E-state index contributed by atoms with van der Waals surface area (Å²) in [6.07, 6.45) is 3.98. The molecule has 3 aliphatic rings. The summed E-state index contributed by atoms with van der Waals surface area (Å²) in [5, 5.41) is 10.9. The molecule has 0 spiro atoms. The molecule has 1 fully saturated rings. The van der Waals surface area contributed by atoms with Crippen LogP contribution < -0.4 is 14.4 Å². The average Bonchev–Trinajstić information content (AvgIpc) is 3.49. The van der Waals surface area contributed by atoms with E-state index < -0.39 is 18.1 Å². The number of rotatable bonds is 6. The maximum absolute atomic E-state index is 13.4. The highest BCUT2D eigenvalue weighted by Crippen LogP contribution is 2.43. The van der Waals surface area contributed by atoms with Gasteiger partial charge >= 0.3 is 5.97 Å². The molecule has 1 aliphatic carbocycles. The predicted molar refractivity (Wildman–Crippen MR) is 153 cm³/mol. The molecule has 2 heterocycles. The molecule has 9 heteroatoms. The first-order valence-electron chi connectivity index (χ1n) is 13.5. The van der Waals surface area contributed by atoms with Crippen molar-refractivity contribution in [3.8, 4) is 11.5 Å². The van der Waals surface area contributed by atoms with Gasteiger partial charge in [-0.15, -0.1) is 0 Å². The van der Waals surface area contributed by atoms with Crippen LogP contribution in [0.2, 0.25) is 10.0 Å². The van der Waals surface area contributed by atoms with Gasteiger partial charge in [0, 0.05) is 25.2 Å². The van der Waals surface area contributed by atoms with Gasteiger partial charge in [-0.05, 0) is 72.4 Å². The molecule has 6 rings (SSSR count). The Labute approximate surface area is 243 Å². The van der Waals surface area contributed by atoms with E-state index in [1.54, 1.807) is 24.1 Å². The number of carboxylic acids is 1. The van der Waals surface area contributed by atoms with E-state index >= 15 is 0 Å². The molecule has 1 unspecified atom stereocenters. The van der Waals surface area contributed by atoms with E-state index in [-0.39, 0.29) is 5.91 Å². The van der Waals surface area contributed by atoms with Gasteiger partial charge in [0.25, 0.3) is 5.91 Å². The maximum atomic E-state index is 13.4. The first kappa shape index (κ1) is 26.9. The monoisotopic (exact) mass is 580 g/mol. The van der Waals surface area contributed by atoms with Gasteiger partial charge in [0.1, 0.15) is 24.1 Å². The Balaban J connectivity index is 1.20. The van der Waals surface area contributed by atoms with E-state index in [0.29, 0.717) is 52.8 Å². The number of fused-ring (bicyclic) bond motifs is 2. The quantitative estimate of drug-likeness (QED) is 0.362. The lowest BCUT2D eigenvalue weighted by atomic mass is 9.90. The van der Waals surface area contributed by atoms with E-state index in [9.17, 15) is 14.7 Å². The predicted octanol–water partition coefficient (Wildman–Crippen LogP) is 6.42. The van der Waals surface area contributed by atoms with Crippen LogP contribution in [0.25, 0.3) is 0 Å². The number of carbonyl (C=O) groups is 2. The minimum absolute atomic E-state index is 0.185. The number of benzene rings is 3. The molecule has 1 saturated carbocycles. The molecule has 2 atom stereocenters. The summed E-state index contributed by atoms with van der Waals surface area (Å²) in [4.78, 5) is 29.3. The normalized spacial score (nSPS) is 21.1. The summed E-state index contributed by atoms with van der Waals surface area (Å²) in [7, 11) is 1.74. The summed E-state index contributed by atoms with van der Waals surface area (Å²) >= 11 is 12.1. The Hall–Kier alpha value is -3.26. The Morgan fingerprint density at radius 3 is 2.48 bits per heavy atom. The largest absolute Gasteiger partial charge is 0.489 e. The Morgan fingerprint density at radius 2 is 1.77 bits per heavy atom. The van der Waals surface area contributed by atoms with Crippen LogP contribution in [-0.2, 0) is 29.2 Å². The number of halogens is 2. The van der Waals surface area contributed by atoms with E-state index in [2.05, 4.69) is 4.90 Å². The molecular weight excluding hydrogens is 551 g/mol. The zero-order chi connectivity index (χ0) is 28.0. The molecule has 2 aliphatic heterocycles. The smallest absolute Gasteiger partial charge is 0.321 e. The summed E-state index contributed by atoms with van der Waals surface area (Å²) < 4.78 is 12.2. The van der Waals surface area contributed by atoms with Crippen molar-refractivity contribution in [2.24, 2.45) is 0 Å². The third-order valence-corrected chi connectivity index (χ3v) is 9.00. The SMILES string of the molecule is CN1C(=O)[C@H](c2ccc(OCc3ccc(Cl)c(Cl)c3)cc2)Oc2cc3c(cc21)CC(C(=O)O)N(C1CCCC1)C3. The van der Waals surface area contributed by atoms with Crippen LogP contribution >= 0.6 is 23.2 Å². The van der Waals surface area contributed by atoms with Gasteiger partial charge in [0.05, 0.1) is 15.7 Å². The van der Waals surface area contributed by atoms with Crippen LogP contribution in [0.5, 0.6) is 11.5 Å². The molecule has 0 saturated heterocycles. The van der Waals surface area contributed by atoms with Crippen LogP contribution in [0.1, 0.15) is 54.0 Å². The van der Waals surface area contributed by atoms with E-state index in [0.717, 1.165) is 47.9 Å². The number of anilines is 1. The highest BCUT2D eigenvalue weighted by Gasteiger charge is 2.39. The van der Waals surface area contributed by atoms with Crippen molar-refractivity contribution in [1.82, 2.24) is 4.90 Å². The molecule has 0 aromatic heterocycles. The van der Waals surface area contributed by atoms with Crippen molar-refractivity contribution in [2.45, 2.75) is 63.4 Å². The molecule has 3 aromatic carbocycles. The highest BCUT2D eigenvalue weighted by molar-refractivity contribution is 6.42. The van der Waals surface area contributed by atoms with E-state index in [1.807, 2.05) is 42.5 Å². The topological polar surface area (TPSA) is 79.3 Å². The van der Waals surface area contributed by atoms with Crippen LogP contribution in [0.3, 0.4) is 0 Å². The van der Waals surface area contributed by atoms with Gasteiger partial charge in [0.15, 0.2) is 0 Å². The van der Waals surface area contributed by atoms with Gasteiger partial charge in [-0.1, -0.05) is 54.2 Å². The lowest BCUT2D eigenvalue weighted by Gasteiger charge is -2.40. The van der Waals surface area contributed by atoms with Crippen LogP contribution in [0.15, 0.2) is 54.6 Å². The average molecular weight is 581 g/mol. The number of hydrogen-bond donors (Lipinski definition) is 1. The van der Waals surface area contributed by atoms with Crippen molar-refractivity contribution in [3.05, 3.63) is 86.9 Å². The number of aliphatic carboxylic acids is 1. The Morgan fingerprint density at radius 1 is 1.02 bits per heavy atom. The second-order valence-electron chi connectivity index (χ2n) is 10.8. The minimum atomic E-state index is -0.791. The molecule has 7 nitrogen and oxygen atoms in total. The highest BCUT2D eigenvalue weighted by atomic mass is 35.5. The summed E-state index contributed by atoms with van der Waals surface area (Å²) in [6, 6.07) is 16.3. The molecule has 0 radical (unpaired) electrons. The number of ether oxygens (including phenoxy) is 2.